The minimum absolute atomic E-state index is 0.572. The van der Waals surface area contributed by atoms with Crippen molar-refractivity contribution < 1.29 is 8.83 Å². The third kappa shape index (κ3) is 6.11. The molecule has 290 valence electrons. The van der Waals surface area contributed by atoms with E-state index in [-0.39, 0.29) is 0 Å². The largest absolute Gasteiger partial charge is 0.455 e. The summed E-state index contributed by atoms with van der Waals surface area (Å²) in [5, 5.41) is 2.84. The first-order valence-corrected chi connectivity index (χ1v) is 20.5. The Labute approximate surface area is 355 Å². The van der Waals surface area contributed by atoms with Gasteiger partial charge in [0.1, 0.15) is 28.0 Å². The lowest BCUT2D eigenvalue weighted by Crippen LogP contribution is -2.00. The van der Waals surface area contributed by atoms with E-state index in [4.69, 9.17) is 33.8 Å². The van der Waals surface area contributed by atoms with Gasteiger partial charge in [-0.15, -0.1) is 0 Å². The van der Waals surface area contributed by atoms with Crippen LogP contribution < -0.4 is 0 Å². The normalized spacial score (nSPS) is 11.5. The lowest BCUT2D eigenvalue weighted by Gasteiger charge is -2.10. The zero-order chi connectivity index (χ0) is 41.0. The first-order valence-electron chi connectivity index (χ1n) is 20.5. The Morgan fingerprint density at radius 3 is 1.55 bits per heavy atom. The van der Waals surface area contributed by atoms with Crippen LogP contribution in [0.4, 0.5) is 0 Å². The molecule has 4 heterocycles. The number of para-hydroxylation sites is 2. The molecule has 0 atom stereocenters. The fourth-order valence-corrected chi connectivity index (χ4v) is 8.41. The molecule has 0 aliphatic rings. The predicted octanol–water partition coefficient (Wildman–Crippen LogP) is 14.1. The molecule has 0 saturated heterocycles. The zero-order valence-electron chi connectivity index (χ0n) is 33.1. The number of fused-ring (bicyclic) bond motifs is 6. The highest BCUT2D eigenvalue weighted by Gasteiger charge is 2.22. The highest BCUT2D eigenvalue weighted by atomic mass is 16.3. The second kappa shape index (κ2) is 14.6. The number of hydrogen-bond acceptors (Lipinski definition) is 7. The summed E-state index contributed by atoms with van der Waals surface area (Å²) in [7, 11) is 0. The van der Waals surface area contributed by atoms with Crippen LogP contribution in [0.1, 0.15) is 0 Å². The van der Waals surface area contributed by atoms with Crippen LogP contribution in [0.2, 0.25) is 0 Å². The standard InChI is InChI=1S/C55H33N5O2/c1-4-16-34(17-5-1)37-22-12-24-39(32-37)48-51-49(42-26-10-11-30-45(42)61-51)57-54(56-48)40-25-13-23-38(33-40)41-27-14-28-43-47-44(29-15-31-46(47)62-50(41)43)55-59-52(35-18-6-2-7-19-35)58-53(60-55)36-20-8-3-9-21-36/h1-33H. The predicted molar refractivity (Wildman–Crippen MR) is 248 cm³/mol. The Morgan fingerprint density at radius 2 is 0.790 bits per heavy atom. The Balaban J connectivity index is 1.00. The van der Waals surface area contributed by atoms with E-state index in [0.29, 0.717) is 28.9 Å². The minimum Gasteiger partial charge on any atom is -0.455 e. The zero-order valence-corrected chi connectivity index (χ0v) is 33.1. The van der Waals surface area contributed by atoms with Crippen molar-refractivity contribution in [2.45, 2.75) is 0 Å². The summed E-state index contributed by atoms with van der Waals surface area (Å²) in [6.07, 6.45) is 0. The molecule has 0 aliphatic heterocycles. The topological polar surface area (TPSA) is 90.7 Å². The van der Waals surface area contributed by atoms with Crippen LogP contribution in [0.3, 0.4) is 0 Å². The Hall–Kier alpha value is -8.55. The quantitative estimate of drug-likeness (QED) is 0.159. The van der Waals surface area contributed by atoms with Crippen molar-refractivity contribution in [2.75, 3.05) is 0 Å². The molecule has 7 heteroatoms. The van der Waals surface area contributed by atoms with Crippen LogP contribution in [0.5, 0.6) is 0 Å². The second-order valence-corrected chi connectivity index (χ2v) is 15.2. The molecule has 12 aromatic rings. The van der Waals surface area contributed by atoms with Crippen molar-refractivity contribution in [1.82, 2.24) is 24.9 Å². The van der Waals surface area contributed by atoms with Gasteiger partial charge in [-0.3, -0.25) is 0 Å². The maximum absolute atomic E-state index is 6.78. The molecule has 7 nitrogen and oxygen atoms in total. The molecule has 0 spiro atoms. The molecule has 0 bridgehead atoms. The first-order chi connectivity index (χ1) is 30.7. The molecule has 0 fully saturated rings. The highest BCUT2D eigenvalue weighted by molar-refractivity contribution is 6.15. The smallest absolute Gasteiger partial charge is 0.180 e. The van der Waals surface area contributed by atoms with Gasteiger partial charge in [-0.25, -0.2) is 24.9 Å². The molecule has 0 N–H and O–H groups in total. The van der Waals surface area contributed by atoms with E-state index in [2.05, 4.69) is 103 Å². The number of hydrogen-bond donors (Lipinski definition) is 0. The fraction of sp³-hybridized carbons (Fsp3) is 0. The van der Waals surface area contributed by atoms with Gasteiger partial charge in [-0.2, -0.15) is 0 Å². The van der Waals surface area contributed by atoms with Gasteiger partial charge in [0.2, 0.25) is 0 Å². The maximum Gasteiger partial charge on any atom is 0.180 e. The molecular weight excluding hydrogens is 763 g/mol. The molecule has 0 unspecified atom stereocenters. The summed E-state index contributed by atoms with van der Waals surface area (Å²) < 4.78 is 13.3. The van der Waals surface area contributed by atoms with Crippen LogP contribution in [-0.2, 0) is 0 Å². The van der Waals surface area contributed by atoms with Gasteiger partial charge in [-0.1, -0.05) is 170 Å². The highest BCUT2D eigenvalue weighted by Crippen LogP contribution is 2.42. The van der Waals surface area contributed by atoms with E-state index in [0.717, 1.165) is 94.2 Å². The van der Waals surface area contributed by atoms with Gasteiger partial charge >= 0.3 is 0 Å². The van der Waals surface area contributed by atoms with Gasteiger partial charge in [-0.05, 0) is 47.0 Å². The first kappa shape index (κ1) is 35.4. The van der Waals surface area contributed by atoms with Gasteiger partial charge in [0.25, 0.3) is 0 Å². The number of nitrogens with zero attached hydrogens (tertiary/aromatic N) is 5. The van der Waals surface area contributed by atoms with Crippen LogP contribution in [0, 0.1) is 0 Å². The molecule has 62 heavy (non-hydrogen) atoms. The summed E-state index contributed by atoms with van der Waals surface area (Å²) in [4.78, 5) is 25.5. The Bertz CT molecular complexity index is 3580. The van der Waals surface area contributed by atoms with Crippen molar-refractivity contribution in [3.05, 3.63) is 200 Å². The summed E-state index contributed by atoms with van der Waals surface area (Å²) in [5.74, 6) is 2.38. The summed E-state index contributed by atoms with van der Waals surface area (Å²) in [5.41, 5.74) is 13.1. The lowest BCUT2D eigenvalue weighted by atomic mass is 9.98. The Kier molecular flexibility index (Phi) is 8.35. The third-order valence-corrected chi connectivity index (χ3v) is 11.4. The van der Waals surface area contributed by atoms with E-state index < -0.39 is 0 Å². The number of benzene rings is 8. The molecular formula is C55H33N5O2. The summed E-state index contributed by atoms with van der Waals surface area (Å²) in [6.45, 7) is 0. The molecule has 12 rings (SSSR count). The summed E-state index contributed by atoms with van der Waals surface area (Å²) >= 11 is 0. The second-order valence-electron chi connectivity index (χ2n) is 15.2. The van der Waals surface area contributed by atoms with E-state index >= 15 is 0 Å². The Morgan fingerprint density at radius 1 is 0.290 bits per heavy atom. The minimum atomic E-state index is 0.572. The van der Waals surface area contributed by atoms with Gasteiger partial charge < -0.3 is 8.83 Å². The average Bonchev–Trinajstić information content (AvgIpc) is 3.93. The molecule has 4 aromatic heterocycles. The summed E-state index contributed by atoms with van der Waals surface area (Å²) in [6, 6.07) is 67.6. The monoisotopic (exact) mass is 795 g/mol. The van der Waals surface area contributed by atoms with Crippen LogP contribution in [-0.4, -0.2) is 24.9 Å². The number of furan rings is 2. The fourth-order valence-electron chi connectivity index (χ4n) is 8.41. The maximum atomic E-state index is 6.78. The number of rotatable bonds is 7. The van der Waals surface area contributed by atoms with Crippen molar-refractivity contribution in [3.8, 4) is 79.1 Å². The van der Waals surface area contributed by atoms with Gasteiger partial charge in [0, 0.05) is 49.5 Å². The van der Waals surface area contributed by atoms with E-state index in [1.165, 1.54) is 0 Å². The van der Waals surface area contributed by atoms with Crippen molar-refractivity contribution >= 4 is 44.0 Å². The van der Waals surface area contributed by atoms with Crippen LogP contribution in [0.15, 0.2) is 209 Å². The molecule has 8 aromatic carbocycles. The lowest BCUT2D eigenvalue weighted by molar-refractivity contribution is 0.667. The van der Waals surface area contributed by atoms with Crippen molar-refractivity contribution in [3.63, 3.8) is 0 Å². The van der Waals surface area contributed by atoms with Crippen LogP contribution in [0.25, 0.3) is 123 Å². The molecule has 0 amide bonds. The van der Waals surface area contributed by atoms with Crippen LogP contribution >= 0.6 is 0 Å². The van der Waals surface area contributed by atoms with Crippen molar-refractivity contribution in [1.29, 1.82) is 0 Å². The number of aromatic nitrogens is 5. The van der Waals surface area contributed by atoms with Crippen molar-refractivity contribution in [2.24, 2.45) is 0 Å². The van der Waals surface area contributed by atoms with E-state index in [9.17, 15) is 0 Å². The van der Waals surface area contributed by atoms with Gasteiger partial charge in [0.15, 0.2) is 28.9 Å². The SMILES string of the molecule is c1ccc(-c2cccc(-c3nc(-c4cccc(-c5cccc6c5oc5cccc(-c7nc(-c8ccccc8)nc(-c8ccccc8)n7)c56)c4)nc4c3oc3ccccc34)c2)cc1. The van der Waals surface area contributed by atoms with Gasteiger partial charge in [0.05, 0.1) is 0 Å². The average molecular weight is 796 g/mol. The third-order valence-electron chi connectivity index (χ3n) is 11.4. The molecule has 0 saturated carbocycles. The van der Waals surface area contributed by atoms with E-state index in [1.807, 2.05) is 97.1 Å². The molecule has 0 radical (unpaired) electrons. The molecule has 0 aliphatic carbocycles. The van der Waals surface area contributed by atoms with E-state index in [1.54, 1.807) is 0 Å².